The number of rotatable bonds is 10. The summed E-state index contributed by atoms with van der Waals surface area (Å²) in [5.41, 5.74) is 0.0271. The molecule has 0 atom stereocenters. The molecular formula is C15H27NO5. The summed E-state index contributed by atoms with van der Waals surface area (Å²) in [6.45, 7) is 6.25. The van der Waals surface area contributed by atoms with Crippen molar-refractivity contribution in [1.29, 1.82) is 0 Å². The molecular weight excluding hydrogens is 274 g/mol. The lowest BCUT2D eigenvalue weighted by Crippen LogP contribution is -2.51. The first-order valence-corrected chi connectivity index (χ1v) is 8.03. The number of aliphatic hydroxyl groups excluding tert-OH is 1. The molecule has 0 bridgehead atoms. The van der Waals surface area contributed by atoms with E-state index >= 15 is 0 Å². The Balaban J connectivity index is 1.22. The van der Waals surface area contributed by atoms with Crippen LogP contribution < -0.4 is 5.32 Å². The maximum absolute atomic E-state index is 9.26. The molecule has 1 saturated carbocycles. The second kappa shape index (κ2) is 7.35. The van der Waals surface area contributed by atoms with Gasteiger partial charge in [0.25, 0.3) is 0 Å². The SMILES string of the molecule is OC1CC(OCC2(COCCCOC3CNC3)COC2)C1. The van der Waals surface area contributed by atoms with Crippen LogP contribution in [0.1, 0.15) is 19.3 Å². The molecule has 0 unspecified atom stereocenters. The highest BCUT2D eigenvalue weighted by Crippen LogP contribution is 2.31. The molecule has 3 aliphatic rings. The number of hydrogen-bond donors (Lipinski definition) is 2. The molecule has 2 aliphatic heterocycles. The van der Waals surface area contributed by atoms with Crippen LogP contribution >= 0.6 is 0 Å². The van der Waals surface area contributed by atoms with Gasteiger partial charge in [-0.15, -0.1) is 0 Å². The van der Waals surface area contributed by atoms with Crippen molar-refractivity contribution < 1.29 is 24.1 Å². The van der Waals surface area contributed by atoms with Crippen molar-refractivity contribution in [3.8, 4) is 0 Å². The van der Waals surface area contributed by atoms with Crippen molar-refractivity contribution in [2.24, 2.45) is 5.41 Å². The number of aliphatic hydroxyl groups is 1. The third-order valence-corrected chi connectivity index (χ3v) is 4.45. The molecule has 3 fully saturated rings. The van der Waals surface area contributed by atoms with Gasteiger partial charge in [0, 0.05) is 26.3 Å². The van der Waals surface area contributed by atoms with Gasteiger partial charge in [0.2, 0.25) is 0 Å². The molecule has 0 amide bonds. The summed E-state index contributed by atoms with van der Waals surface area (Å²) in [6.07, 6.45) is 2.94. The maximum atomic E-state index is 9.26. The Morgan fingerprint density at radius 1 is 1.05 bits per heavy atom. The highest BCUT2D eigenvalue weighted by atomic mass is 16.5. The quantitative estimate of drug-likeness (QED) is 0.551. The summed E-state index contributed by atoms with van der Waals surface area (Å²) in [5, 5.41) is 12.4. The first kappa shape index (κ1) is 15.6. The Morgan fingerprint density at radius 3 is 2.43 bits per heavy atom. The molecule has 0 aromatic heterocycles. The Labute approximate surface area is 126 Å². The average Bonchev–Trinajstić information content (AvgIpc) is 2.34. The topological polar surface area (TPSA) is 69.2 Å². The molecule has 2 saturated heterocycles. The summed E-state index contributed by atoms with van der Waals surface area (Å²) in [5.74, 6) is 0. The van der Waals surface area contributed by atoms with E-state index < -0.39 is 0 Å². The van der Waals surface area contributed by atoms with Gasteiger partial charge < -0.3 is 29.4 Å². The van der Waals surface area contributed by atoms with Crippen LogP contribution in [0.4, 0.5) is 0 Å². The largest absolute Gasteiger partial charge is 0.393 e. The van der Waals surface area contributed by atoms with Crippen molar-refractivity contribution >= 4 is 0 Å². The van der Waals surface area contributed by atoms with Crippen LogP contribution in [0.25, 0.3) is 0 Å². The van der Waals surface area contributed by atoms with E-state index in [1.807, 2.05) is 0 Å². The minimum atomic E-state index is -0.161. The van der Waals surface area contributed by atoms with Crippen molar-refractivity contribution in [1.82, 2.24) is 5.32 Å². The van der Waals surface area contributed by atoms with E-state index in [1.54, 1.807) is 0 Å². The molecule has 0 aromatic rings. The maximum Gasteiger partial charge on any atom is 0.0823 e. The van der Waals surface area contributed by atoms with Gasteiger partial charge in [-0.05, 0) is 19.3 Å². The Morgan fingerprint density at radius 2 is 1.86 bits per heavy atom. The predicted molar refractivity (Wildman–Crippen MR) is 76.3 cm³/mol. The summed E-state index contributed by atoms with van der Waals surface area (Å²) in [4.78, 5) is 0. The van der Waals surface area contributed by atoms with Crippen molar-refractivity contribution in [2.75, 3.05) is 52.7 Å². The first-order valence-electron chi connectivity index (χ1n) is 8.03. The Bertz CT molecular complexity index is 313. The van der Waals surface area contributed by atoms with Gasteiger partial charge in [0.1, 0.15) is 0 Å². The second-order valence-corrected chi connectivity index (χ2v) is 6.61. The lowest BCUT2D eigenvalue weighted by molar-refractivity contribution is -0.198. The average molecular weight is 301 g/mol. The fraction of sp³-hybridized carbons (Fsp3) is 1.00. The van der Waals surface area contributed by atoms with Crippen LogP contribution in [0, 0.1) is 5.41 Å². The number of nitrogens with one attached hydrogen (secondary N) is 1. The van der Waals surface area contributed by atoms with Crippen LogP contribution in [0.2, 0.25) is 0 Å². The third kappa shape index (κ3) is 4.37. The van der Waals surface area contributed by atoms with Gasteiger partial charge >= 0.3 is 0 Å². The van der Waals surface area contributed by atoms with E-state index in [2.05, 4.69) is 5.32 Å². The zero-order valence-corrected chi connectivity index (χ0v) is 12.6. The lowest BCUT2D eigenvalue weighted by atomic mass is 9.87. The molecule has 6 heteroatoms. The summed E-state index contributed by atoms with van der Waals surface area (Å²) < 4.78 is 22.6. The molecule has 122 valence electrons. The van der Waals surface area contributed by atoms with Crippen molar-refractivity contribution in [2.45, 2.75) is 37.6 Å². The van der Waals surface area contributed by atoms with E-state index in [0.29, 0.717) is 32.5 Å². The van der Waals surface area contributed by atoms with Crippen LogP contribution in [0.5, 0.6) is 0 Å². The normalized spacial score (nSPS) is 31.3. The first-order chi connectivity index (χ1) is 10.3. The fourth-order valence-electron chi connectivity index (χ4n) is 2.65. The van der Waals surface area contributed by atoms with Crippen LogP contribution in [0.15, 0.2) is 0 Å². The molecule has 2 N–H and O–H groups in total. The van der Waals surface area contributed by atoms with Gasteiger partial charge in [-0.1, -0.05) is 0 Å². The van der Waals surface area contributed by atoms with E-state index in [0.717, 1.165) is 45.6 Å². The predicted octanol–water partition coefficient (Wildman–Crippen LogP) is -0.0620. The molecule has 21 heavy (non-hydrogen) atoms. The van der Waals surface area contributed by atoms with Crippen LogP contribution in [-0.2, 0) is 18.9 Å². The fourth-order valence-corrected chi connectivity index (χ4v) is 2.65. The van der Waals surface area contributed by atoms with E-state index in [1.165, 1.54) is 0 Å². The summed E-state index contributed by atoms with van der Waals surface area (Å²) in [6, 6.07) is 0. The standard InChI is InChI=1S/C15H27NO5/c17-12-4-13(5-12)21-11-15(9-19-10-15)8-18-2-1-3-20-14-6-16-7-14/h12-14,16-17H,1-11H2. The van der Waals surface area contributed by atoms with Gasteiger partial charge in [-0.2, -0.15) is 0 Å². The highest BCUT2D eigenvalue weighted by Gasteiger charge is 2.41. The molecule has 0 radical (unpaired) electrons. The zero-order valence-electron chi connectivity index (χ0n) is 12.6. The second-order valence-electron chi connectivity index (χ2n) is 6.61. The summed E-state index contributed by atoms with van der Waals surface area (Å²) >= 11 is 0. The van der Waals surface area contributed by atoms with Crippen LogP contribution in [0.3, 0.4) is 0 Å². The van der Waals surface area contributed by atoms with Crippen molar-refractivity contribution in [3.63, 3.8) is 0 Å². The van der Waals surface area contributed by atoms with Gasteiger partial charge in [0.05, 0.1) is 50.2 Å². The van der Waals surface area contributed by atoms with Gasteiger partial charge in [-0.3, -0.25) is 0 Å². The molecule has 2 heterocycles. The minimum absolute atomic E-state index is 0.0271. The Hall–Kier alpha value is -0.240. The van der Waals surface area contributed by atoms with Crippen molar-refractivity contribution in [3.05, 3.63) is 0 Å². The monoisotopic (exact) mass is 301 g/mol. The molecule has 6 nitrogen and oxygen atoms in total. The van der Waals surface area contributed by atoms with Crippen LogP contribution in [-0.4, -0.2) is 76.1 Å². The number of hydrogen-bond acceptors (Lipinski definition) is 6. The molecule has 1 aliphatic carbocycles. The van der Waals surface area contributed by atoms with Gasteiger partial charge in [0.15, 0.2) is 0 Å². The molecule has 0 spiro atoms. The Kier molecular flexibility index (Phi) is 5.48. The van der Waals surface area contributed by atoms with E-state index in [4.69, 9.17) is 18.9 Å². The minimum Gasteiger partial charge on any atom is -0.393 e. The smallest absolute Gasteiger partial charge is 0.0823 e. The highest BCUT2D eigenvalue weighted by molar-refractivity contribution is 4.87. The lowest BCUT2D eigenvalue weighted by Gasteiger charge is -2.43. The van der Waals surface area contributed by atoms with Gasteiger partial charge in [-0.25, -0.2) is 0 Å². The summed E-state index contributed by atoms with van der Waals surface area (Å²) in [7, 11) is 0. The van der Waals surface area contributed by atoms with E-state index in [9.17, 15) is 5.11 Å². The van der Waals surface area contributed by atoms with E-state index in [-0.39, 0.29) is 17.6 Å². The number of ether oxygens (including phenoxy) is 4. The third-order valence-electron chi connectivity index (χ3n) is 4.45. The zero-order chi connectivity index (χ0) is 14.5. The molecule has 3 rings (SSSR count). The molecule has 0 aromatic carbocycles.